The number of thiophene rings is 1. The Morgan fingerprint density at radius 2 is 2.00 bits per heavy atom. The number of benzene rings is 1. The van der Waals surface area contributed by atoms with Crippen molar-refractivity contribution in [2.24, 2.45) is 0 Å². The monoisotopic (exact) mass is 355 g/mol. The van der Waals surface area contributed by atoms with E-state index in [1.807, 2.05) is 23.1 Å². The van der Waals surface area contributed by atoms with Gasteiger partial charge >= 0.3 is 0 Å². The summed E-state index contributed by atoms with van der Waals surface area (Å²) in [5.74, 6) is 1.05. The Hall–Kier alpha value is -0.290. The molecule has 1 aromatic carbocycles. The molecule has 2 aromatic rings. The van der Waals surface area contributed by atoms with E-state index in [1.54, 1.807) is 0 Å². The zero-order chi connectivity index (χ0) is 13.7. The highest BCUT2D eigenvalue weighted by atomic mass is 79.9. The first-order valence-electron chi connectivity index (χ1n) is 6.36. The Morgan fingerprint density at radius 3 is 2.58 bits per heavy atom. The van der Waals surface area contributed by atoms with Crippen LogP contribution in [0.1, 0.15) is 23.4 Å². The second-order valence-electron chi connectivity index (χ2n) is 4.37. The molecule has 0 aliphatic rings. The maximum atomic E-state index is 3.63. The summed E-state index contributed by atoms with van der Waals surface area (Å²) in [6.07, 6.45) is 0. The van der Waals surface area contributed by atoms with Gasteiger partial charge in [-0.3, -0.25) is 0 Å². The summed E-state index contributed by atoms with van der Waals surface area (Å²) in [4.78, 5) is 2.72. The molecule has 0 spiro atoms. The van der Waals surface area contributed by atoms with Gasteiger partial charge in [0.05, 0.1) is 6.04 Å². The van der Waals surface area contributed by atoms with Gasteiger partial charge in [-0.25, -0.2) is 0 Å². The summed E-state index contributed by atoms with van der Waals surface area (Å²) in [6.45, 7) is 5.27. The van der Waals surface area contributed by atoms with Crippen LogP contribution < -0.4 is 5.32 Å². The molecule has 102 valence electrons. The van der Waals surface area contributed by atoms with Crippen molar-refractivity contribution < 1.29 is 0 Å². The molecule has 1 heterocycles. The van der Waals surface area contributed by atoms with E-state index in [2.05, 4.69) is 70.8 Å². The molecule has 1 aromatic heterocycles. The standard InChI is InChI=1S/C15H18BrNS2/c1-3-17-14(15-13(16)8-9-18-15)10-19-12-6-4-11(2)5-7-12/h4-9,14,17H,3,10H2,1-2H3. The largest absolute Gasteiger partial charge is 0.309 e. The van der Waals surface area contributed by atoms with E-state index in [1.165, 1.54) is 19.8 Å². The van der Waals surface area contributed by atoms with Crippen molar-refractivity contribution in [1.29, 1.82) is 0 Å². The van der Waals surface area contributed by atoms with Crippen LogP contribution in [0.4, 0.5) is 0 Å². The molecule has 1 nitrogen and oxygen atoms in total. The number of hydrogen-bond acceptors (Lipinski definition) is 3. The van der Waals surface area contributed by atoms with Gasteiger partial charge in [0.2, 0.25) is 0 Å². The fourth-order valence-electron chi connectivity index (χ4n) is 1.84. The number of rotatable bonds is 6. The molecule has 1 N–H and O–H groups in total. The first-order valence-corrected chi connectivity index (χ1v) is 9.02. The normalized spacial score (nSPS) is 12.6. The molecule has 0 amide bonds. The molecule has 19 heavy (non-hydrogen) atoms. The van der Waals surface area contributed by atoms with E-state index in [0.717, 1.165) is 12.3 Å². The highest BCUT2D eigenvalue weighted by molar-refractivity contribution is 9.10. The molecule has 0 fully saturated rings. The van der Waals surface area contributed by atoms with Crippen molar-refractivity contribution in [1.82, 2.24) is 5.32 Å². The van der Waals surface area contributed by atoms with Gasteiger partial charge < -0.3 is 5.32 Å². The van der Waals surface area contributed by atoms with Gasteiger partial charge in [-0.2, -0.15) is 0 Å². The summed E-state index contributed by atoms with van der Waals surface area (Å²) < 4.78 is 1.22. The molecular weight excluding hydrogens is 338 g/mol. The number of thioether (sulfide) groups is 1. The lowest BCUT2D eigenvalue weighted by Crippen LogP contribution is -2.22. The molecule has 1 unspecified atom stereocenters. The summed E-state index contributed by atoms with van der Waals surface area (Å²) in [5.41, 5.74) is 1.31. The highest BCUT2D eigenvalue weighted by Gasteiger charge is 2.15. The van der Waals surface area contributed by atoms with Crippen LogP contribution in [0.15, 0.2) is 45.1 Å². The number of hydrogen-bond donors (Lipinski definition) is 1. The molecular formula is C15H18BrNS2. The quantitative estimate of drug-likeness (QED) is 0.709. The molecule has 0 bridgehead atoms. The SMILES string of the molecule is CCNC(CSc1ccc(C)cc1)c1sccc1Br. The predicted octanol–water partition coefficient (Wildman–Crippen LogP) is 5.26. The zero-order valence-electron chi connectivity index (χ0n) is 11.2. The Bertz CT molecular complexity index is 507. The first-order chi connectivity index (χ1) is 9.20. The minimum absolute atomic E-state index is 0.408. The van der Waals surface area contributed by atoms with Crippen molar-refractivity contribution >= 4 is 39.0 Å². The summed E-state index contributed by atoms with van der Waals surface area (Å²) >= 11 is 7.35. The predicted molar refractivity (Wildman–Crippen MR) is 90.3 cm³/mol. The molecule has 0 saturated heterocycles. The maximum Gasteiger partial charge on any atom is 0.0521 e. The number of halogens is 1. The molecule has 0 aliphatic heterocycles. The minimum Gasteiger partial charge on any atom is -0.309 e. The fourth-order valence-corrected chi connectivity index (χ4v) is 4.65. The smallest absolute Gasteiger partial charge is 0.0521 e. The number of aryl methyl sites for hydroxylation is 1. The van der Waals surface area contributed by atoms with E-state index in [9.17, 15) is 0 Å². The van der Waals surface area contributed by atoms with E-state index >= 15 is 0 Å². The van der Waals surface area contributed by atoms with Crippen molar-refractivity contribution in [3.05, 3.63) is 50.6 Å². The average molecular weight is 356 g/mol. The lowest BCUT2D eigenvalue weighted by molar-refractivity contribution is 0.613. The Morgan fingerprint density at radius 1 is 1.26 bits per heavy atom. The highest BCUT2D eigenvalue weighted by Crippen LogP contribution is 2.32. The van der Waals surface area contributed by atoms with Crippen LogP contribution in [0, 0.1) is 6.92 Å². The minimum atomic E-state index is 0.408. The Labute approximate surface area is 131 Å². The third kappa shape index (κ3) is 4.35. The van der Waals surface area contributed by atoms with E-state index < -0.39 is 0 Å². The average Bonchev–Trinajstić information content (AvgIpc) is 2.83. The molecule has 0 aliphatic carbocycles. The van der Waals surface area contributed by atoms with Crippen LogP contribution in [0.5, 0.6) is 0 Å². The van der Waals surface area contributed by atoms with Crippen LogP contribution in [0.2, 0.25) is 0 Å². The second kappa shape index (κ2) is 7.48. The molecule has 0 saturated carbocycles. The van der Waals surface area contributed by atoms with Gasteiger partial charge in [0.15, 0.2) is 0 Å². The molecule has 2 rings (SSSR count). The van der Waals surface area contributed by atoms with Crippen LogP contribution in [-0.4, -0.2) is 12.3 Å². The van der Waals surface area contributed by atoms with Crippen LogP contribution in [0.25, 0.3) is 0 Å². The Balaban J connectivity index is 2.01. The first kappa shape index (κ1) is 15.1. The van der Waals surface area contributed by atoms with Gasteiger partial charge in [0.25, 0.3) is 0 Å². The van der Waals surface area contributed by atoms with Crippen molar-refractivity contribution in [2.45, 2.75) is 24.8 Å². The topological polar surface area (TPSA) is 12.0 Å². The molecule has 1 atom stereocenters. The van der Waals surface area contributed by atoms with Gasteiger partial charge in [-0.05, 0) is 53.0 Å². The molecule has 4 heteroatoms. The third-order valence-electron chi connectivity index (χ3n) is 2.85. The van der Waals surface area contributed by atoms with E-state index in [4.69, 9.17) is 0 Å². The lowest BCUT2D eigenvalue weighted by atomic mass is 10.2. The van der Waals surface area contributed by atoms with Crippen LogP contribution >= 0.6 is 39.0 Å². The summed E-state index contributed by atoms with van der Waals surface area (Å²) in [6, 6.07) is 11.3. The van der Waals surface area contributed by atoms with Crippen LogP contribution in [0.3, 0.4) is 0 Å². The van der Waals surface area contributed by atoms with E-state index in [-0.39, 0.29) is 0 Å². The van der Waals surface area contributed by atoms with E-state index in [0.29, 0.717) is 6.04 Å². The molecule has 0 radical (unpaired) electrons. The summed E-state index contributed by atoms with van der Waals surface area (Å²) in [5, 5.41) is 5.71. The summed E-state index contributed by atoms with van der Waals surface area (Å²) in [7, 11) is 0. The Kier molecular flexibility index (Phi) is 5.95. The van der Waals surface area contributed by atoms with Gasteiger partial charge in [0.1, 0.15) is 0 Å². The van der Waals surface area contributed by atoms with Crippen molar-refractivity contribution in [3.8, 4) is 0 Å². The third-order valence-corrected chi connectivity index (χ3v) is 5.94. The zero-order valence-corrected chi connectivity index (χ0v) is 14.4. The van der Waals surface area contributed by atoms with Gasteiger partial charge in [-0.1, -0.05) is 24.6 Å². The van der Waals surface area contributed by atoms with Gasteiger partial charge in [0, 0.05) is 20.0 Å². The van der Waals surface area contributed by atoms with Crippen molar-refractivity contribution in [2.75, 3.05) is 12.3 Å². The fraction of sp³-hybridized carbons (Fsp3) is 0.333. The lowest BCUT2D eigenvalue weighted by Gasteiger charge is -2.17. The number of nitrogens with one attached hydrogen (secondary N) is 1. The van der Waals surface area contributed by atoms with Gasteiger partial charge in [-0.15, -0.1) is 23.1 Å². The van der Waals surface area contributed by atoms with Crippen LogP contribution in [-0.2, 0) is 0 Å². The second-order valence-corrected chi connectivity index (χ2v) is 7.26. The maximum absolute atomic E-state index is 3.63. The van der Waals surface area contributed by atoms with Crippen molar-refractivity contribution in [3.63, 3.8) is 0 Å².